The van der Waals surface area contributed by atoms with Crippen LogP contribution in [-0.2, 0) is 0 Å². The van der Waals surface area contributed by atoms with Crippen molar-refractivity contribution in [2.24, 2.45) is 5.92 Å². The zero-order valence-corrected chi connectivity index (χ0v) is 13.2. The van der Waals surface area contributed by atoms with Crippen LogP contribution < -0.4 is 0 Å². The molecule has 1 nitrogen and oxygen atoms in total. The lowest BCUT2D eigenvalue weighted by molar-refractivity contribution is 0.275. The molecule has 1 heteroatoms. The first-order valence-corrected chi connectivity index (χ1v) is 7.77. The van der Waals surface area contributed by atoms with Crippen molar-refractivity contribution in [2.45, 2.75) is 60.3 Å². The van der Waals surface area contributed by atoms with E-state index in [1.807, 2.05) is 0 Å². The molecule has 0 amide bonds. The maximum Gasteiger partial charge on any atom is -0.00133 e. The Morgan fingerprint density at radius 2 is 1.83 bits per heavy atom. The molecule has 18 heavy (non-hydrogen) atoms. The number of hydrogen-bond donors (Lipinski definition) is 0. The third kappa shape index (κ3) is 8.52. The molecule has 0 saturated heterocycles. The summed E-state index contributed by atoms with van der Waals surface area (Å²) in [6.07, 6.45) is 11.9. The molecule has 0 aliphatic carbocycles. The Labute approximate surface area is 115 Å². The van der Waals surface area contributed by atoms with Crippen LogP contribution in [0, 0.1) is 5.92 Å². The van der Waals surface area contributed by atoms with E-state index in [2.05, 4.69) is 57.7 Å². The molecule has 0 aromatic heterocycles. The average Bonchev–Trinajstić information content (AvgIpc) is 2.39. The van der Waals surface area contributed by atoms with Gasteiger partial charge < -0.3 is 4.90 Å². The molecule has 0 spiro atoms. The van der Waals surface area contributed by atoms with Gasteiger partial charge in [0, 0.05) is 0 Å². The Bertz CT molecular complexity index is 240. The molecule has 0 saturated carbocycles. The first-order chi connectivity index (χ1) is 8.67. The summed E-state index contributed by atoms with van der Waals surface area (Å²) < 4.78 is 0. The predicted octanol–water partition coefficient (Wildman–Crippen LogP) is 5.05. The van der Waals surface area contributed by atoms with E-state index in [4.69, 9.17) is 0 Å². The van der Waals surface area contributed by atoms with Crippen molar-refractivity contribution < 1.29 is 0 Å². The van der Waals surface area contributed by atoms with E-state index in [1.54, 1.807) is 0 Å². The van der Waals surface area contributed by atoms with Crippen LogP contribution in [0.15, 0.2) is 23.8 Å². The molecule has 0 fully saturated rings. The van der Waals surface area contributed by atoms with Crippen LogP contribution in [0.25, 0.3) is 0 Å². The third-order valence-corrected chi connectivity index (χ3v) is 3.40. The molecular formula is C17H33N. The van der Waals surface area contributed by atoms with Gasteiger partial charge in [-0.25, -0.2) is 0 Å². The normalized spacial score (nSPS) is 14.7. The standard InChI is InChI=1S/C17H33N/c1-6-10-17(8-3)12-11-16(5)13-15-18(9-4)14-7-2/h10-12,16H,6-9,13-15H2,1-5H3/b12-11-,17-10-. The number of rotatable bonds is 10. The minimum absolute atomic E-state index is 0.683. The Hall–Kier alpha value is -0.560. The Morgan fingerprint density at radius 3 is 2.33 bits per heavy atom. The van der Waals surface area contributed by atoms with E-state index >= 15 is 0 Å². The van der Waals surface area contributed by atoms with Crippen LogP contribution in [0.5, 0.6) is 0 Å². The molecule has 0 aromatic carbocycles. The highest BCUT2D eigenvalue weighted by atomic mass is 15.1. The molecule has 0 bridgehead atoms. The number of nitrogens with zero attached hydrogens (tertiary/aromatic N) is 1. The van der Waals surface area contributed by atoms with E-state index in [0.29, 0.717) is 5.92 Å². The molecule has 0 aliphatic rings. The van der Waals surface area contributed by atoms with Crippen molar-refractivity contribution in [1.29, 1.82) is 0 Å². The molecular weight excluding hydrogens is 218 g/mol. The molecule has 1 unspecified atom stereocenters. The van der Waals surface area contributed by atoms with Gasteiger partial charge in [0.15, 0.2) is 0 Å². The summed E-state index contributed by atoms with van der Waals surface area (Å²) in [4.78, 5) is 2.55. The second-order valence-corrected chi connectivity index (χ2v) is 5.10. The molecule has 0 rings (SSSR count). The largest absolute Gasteiger partial charge is 0.304 e. The van der Waals surface area contributed by atoms with E-state index < -0.39 is 0 Å². The Morgan fingerprint density at radius 1 is 1.11 bits per heavy atom. The fourth-order valence-electron chi connectivity index (χ4n) is 2.11. The predicted molar refractivity (Wildman–Crippen MR) is 84.0 cm³/mol. The quantitative estimate of drug-likeness (QED) is 0.491. The van der Waals surface area contributed by atoms with Gasteiger partial charge in [-0.05, 0) is 51.2 Å². The average molecular weight is 251 g/mol. The summed E-state index contributed by atoms with van der Waals surface area (Å²) in [6.45, 7) is 14.9. The van der Waals surface area contributed by atoms with Crippen molar-refractivity contribution in [3.63, 3.8) is 0 Å². The molecule has 0 radical (unpaired) electrons. The van der Waals surface area contributed by atoms with Crippen molar-refractivity contribution >= 4 is 0 Å². The fourth-order valence-corrected chi connectivity index (χ4v) is 2.11. The first-order valence-electron chi connectivity index (χ1n) is 7.77. The third-order valence-electron chi connectivity index (χ3n) is 3.40. The highest BCUT2D eigenvalue weighted by molar-refractivity contribution is 5.18. The highest BCUT2D eigenvalue weighted by Crippen LogP contribution is 2.10. The minimum Gasteiger partial charge on any atom is -0.304 e. The van der Waals surface area contributed by atoms with Gasteiger partial charge >= 0.3 is 0 Å². The van der Waals surface area contributed by atoms with E-state index in [1.165, 1.54) is 38.0 Å². The van der Waals surface area contributed by atoms with Gasteiger partial charge in [0.1, 0.15) is 0 Å². The molecule has 0 aromatic rings. The van der Waals surface area contributed by atoms with Crippen molar-refractivity contribution in [1.82, 2.24) is 4.90 Å². The maximum atomic E-state index is 2.55. The van der Waals surface area contributed by atoms with Gasteiger partial charge in [-0.1, -0.05) is 58.4 Å². The number of hydrogen-bond acceptors (Lipinski definition) is 1. The maximum absolute atomic E-state index is 2.55. The summed E-state index contributed by atoms with van der Waals surface area (Å²) in [5.41, 5.74) is 1.48. The lowest BCUT2D eigenvalue weighted by Crippen LogP contribution is -2.26. The Kier molecular flexibility index (Phi) is 11.2. The van der Waals surface area contributed by atoms with Gasteiger partial charge in [0.2, 0.25) is 0 Å². The number of allylic oxidation sites excluding steroid dienone is 4. The van der Waals surface area contributed by atoms with Crippen molar-refractivity contribution in [3.05, 3.63) is 23.8 Å². The van der Waals surface area contributed by atoms with Crippen LogP contribution in [0.3, 0.4) is 0 Å². The van der Waals surface area contributed by atoms with Crippen molar-refractivity contribution in [2.75, 3.05) is 19.6 Å². The van der Waals surface area contributed by atoms with Crippen LogP contribution in [0.1, 0.15) is 60.3 Å². The summed E-state index contributed by atoms with van der Waals surface area (Å²) in [6, 6.07) is 0. The van der Waals surface area contributed by atoms with Crippen LogP contribution in [-0.4, -0.2) is 24.5 Å². The topological polar surface area (TPSA) is 3.24 Å². The minimum atomic E-state index is 0.683. The van der Waals surface area contributed by atoms with Gasteiger partial charge in [-0.2, -0.15) is 0 Å². The molecule has 0 N–H and O–H groups in total. The summed E-state index contributed by atoms with van der Waals surface area (Å²) in [5.74, 6) is 0.683. The smallest absolute Gasteiger partial charge is 0.00133 e. The van der Waals surface area contributed by atoms with E-state index in [9.17, 15) is 0 Å². The zero-order chi connectivity index (χ0) is 13.8. The SMILES string of the molecule is CC/C=C(\C=C/C(C)CCN(CC)CCC)CC. The second kappa shape index (κ2) is 11.5. The van der Waals surface area contributed by atoms with Gasteiger partial charge in [0.25, 0.3) is 0 Å². The second-order valence-electron chi connectivity index (χ2n) is 5.10. The van der Waals surface area contributed by atoms with Crippen LogP contribution in [0.2, 0.25) is 0 Å². The molecule has 106 valence electrons. The monoisotopic (exact) mass is 251 g/mol. The highest BCUT2D eigenvalue weighted by Gasteiger charge is 2.03. The lowest BCUT2D eigenvalue weighted by Gasteiger charge is -2.20. The fraction of sp³-hybridized carbons (Fsp3) is 0.765. The first kappa shape index (κ1) is 17.4. The van der Waals surface area contributed by atoms with E-state index in [0.717, 1.165) is 12.8 Å². The van der Waals surface area contributed by atoms with Crippen LogP contribution in [0.4, 0.5) is 0 Å². The van der Waals surface area contributed by atoms with Gasteiger partial charge in [-0.3, -0.25) is 0 Å². The molecule has 1 atom stereocenters. The Balaban J connectivity index is 4.05. The summed E-state index contributed by atoms with van der Waals surface area (Å²) in [7, 11) is 0. The van der Waals surface area contributed by atoms with E-state index in [-0.39, 0.29) is 0 Å². The molecule has 0 aliphatic heterocycles. The zero-order valence-electron chi connectivity index (χ0n) is 13.2. The summed E-state index contributed by atoms with van der Waals surface area (Å²) >= 11 is 0. The van der Waals surface area contributed by atoms with Gasteiger partial charge in [0.05, 0.1) is 0 Å². The van der Waals surface area contributed by atoms with Crippen molar-refractivity contribution in [3.8, 4) is 0 Å². The lowest BCUT2D eigenvalue weighted by atomic mass is 10.0. The van der Waals surface area contributed by atoms with Crippen LogP contribution >= 0.6 is 0 Å². The summed E-state index contributed by atoms with van der Waals surface area (Å²) in [5, 5.41) is 0. The van der Waals surface area contributed by atoms with Gasteiger partial charge in [-0.15, -0.1) is 0 Å². The molecule has 0 heterocycles.